The first-order valence-corrected chi connectivity index (χ1v) is 5.67. The lowest BCUT2D eigenvalue weighted by molar-refractivity contribution is -0.120. The minimum atomic E-state index is -4.55. The van der Waals surface area contributed by atoms with Gasteiger partial charge in [0.05, 0.1) is 0 Å². The number of hydrogen-bond donors (Lipinski definition) is 1. The second-order valence-corrected chi connectivity index (χ2v) is 4.45. The molecule has 2 N–H and O–H groups in total. The number of nitrogens with zero attached hydrogens (tertiary/aromatic N) is 1. The van der Waals surface area contributed by atoms with Crippen LogP contribution in [0.2, 0.25) is 0 Å². The lowest BCUT2D eigenvalue weighted by Gasteiger charge is -2.30. The minimum Gasteiger partial charge on any atom is -0.355 e. The highest BCUT2D eigenvalue weighted by atomic mass is 19.4. The molecule has 1 rings (SSSR count). The van der Waals surface area contributed by atoms with E-state index in [-0.39, 0.29) is 12.1 Å². The Labute approximate surface area is 108 Å². The Morgan fingerprint density at radius 3 is 1.95 bits per heavy atom. The Morgan fingerprint density at radius 2 is 1.63 bits per heavy atom. The SMILES string of the molecule is CC(C)N(CC(F)(F)F)c1c(F)cc(CN)cc1F. The molecule has 0 bridgehead atoms. The van der Waals surface area contributed by atoms with Gasteiger partial charge in [-0.15, -0.1) is 0 Å². The maximum Gasteiger partial charge on any atom is 0.405 e. The number of anilines is 1. The van der Waals surface area contributed by atoms with Gasteiger partial charge in [-0.25, -0.2) is 8.78 Å². The Balaban J connectivity index is 3.23. The van der Waals surface area contributed by atoms with E-state index in [0.717, 1.165) is 12.1 Å². The van der Waals surface area contributed by atoms with Crippen molar-refractivity contribution in [3.8, 4) is 0 Å². The lowest BCUT2D eigenvalue weighted by atomic mass is 10.1. The van der Waals surface area contributed by atoms with E-state index in [1.807, 2.05) is 0 Å². The molecule has 1 aromatic rings. The summed E-state index contributed by atoms with van der Waals surface area (Å²) < 4.78 is 64.9. The average molecular weight is 282 g/mol. The fraction of sp³-hybridized carbons (Fsp3) is 0.500. The molecule has 0 atom stereocenters. The first-order chi connectivity index (χ1) is 8.65. The van der Waals surface area contributed by atoms with Crippen molar-refractivity contribution in [2.24, 2.45) is 5.73 Å². The predicted octanol–water partition coefficient (Wildman–Crippen LogP) is 3.20. The summed E-state index contributed by atoms with van der Waals surface area (Å²) in [5.74, 6) is -2.09. The summed E-state index contributed by atoms with van der Waals surface area (Å²) >= 11 is 0. The van der Waals surface area contributed by atoms with Crippen LogP contribution in [0.5, 0.6) is 0 Å². The Morgan fingerprint density at radius 1 is 1.16 bits per heavy atom. The van der Waals surface area contributed by atoms with Crippen molar-refractivity contribution in [3.63, 3.8) is 0 Å². The van der Waals surface area contributed by atoms with Gasteiger partial charge in [0.2, 0.25) is 0 Å². The van der Waals surface area contributed by atoms with Crippen molar-refractivity contribution in [2.45, 2.75) is 32.6 Å². The number of rotatable bonds is 4. The number of benzene rings is 1. The molecule has 19 heavy (non-hydrogen) atoms. The molecule has 0 aliphatic carbocycles. The van der Waals surface area contributed by atoms with Gasteiger partial charge in [-0.3, -0.25) is 0 Å². The van der Waals surface area contributed by atoms with Crippen LogP contribution in [0, 0.1) is 11.6 Å². The molecular formula is C12H15F5N2. The van der Waals surface area contributed by atoms with E-state index in [0.29, 0.717) is 4.90 Å². The van der Waals surface area contributed by atoms with Crippen molar-refractivity contribution in [3.05, 3.63) is 29.3 Å². The third-order valence-electron chi connectivity index (χ3n) is 2.57. The highest BCUT2D eigenvalue weighted by Gasteiger charge is 2.34. The lowest BCUT2D eigenvalue weighted by Crippen LogP contribution is -2.40. The van der Waals surface area contributed by atoms with Crippen LogP contribution in [-0.2, 0) is 6.54 Å². The van der Waals surface area contributed by atoms with Gasteiger partial charge in [0.1, 0.15) is 23.9 Å². The van der Waals surface area contributed by atoms with Crippen LogP contribution >= 0.6 is 0 Å². The molecule has 0 amide bonds. The Hall–Kier alpha value is -1.37. The first kappa shape index (κ1) is 15.7. The third kappa shape index (κ3) is 4.05. The van der Waals surface area contributed by atoms with E-state index in [1.54, 1.807) is 0 Å². The van der Waals surface area contributed by atoms with Gasteiger partial charge in [0.25, 0.3) is 0 Å². The Bertz CT molecular complexity index is 419. The summed E-state index contributed by atoms with van der Waals surface area (Å²) in [6.07, 6.45) is -4.55. The molecule has 0 aliphatic heterocycles. The van der Waals surface area contributed by atoms with E-state index in [9.17, 15) is 22.0 Å². The van der Waals surface area contributed by atoms with E-state index in [4.69, 9.17) is 5.73 Å². The molecule has 0 fully saturated rings. The topological polar surface area (TPSA) is 29.3 Å². The molecule has 0 heterocycles. The zero-order chi connectivity index (χ0) is 14.8. The largest absolute Gasteiger partial charge is 0.405 e. The monoisotopic (exact) mass is 282 g/mol. The van der Waals surface area contributed by atoms with Gasteiger partial charge >= 0.3 is 6.18 Å². The molecule has 0 aromatic heterocycles. The van der Waals surface area contributed by atoms with Gasteiger partial charge < -0.3 is 10.6 Å². The van der Waals surface area contributed by atoms with Gasteiger partial charge in [-0.1, -0.05) is 0 Å². The highest BCUT2D eigenvalue weighted by molar-refractivity contribution is 5.51. The minimum absolute atomic E-state index is 0.0882. The molecule has 0 saturated heterocycles. The van der Waals surface area contributed by atoms with E-state index < -0.39 is 36.1 Å². The number of halogens is 5. The smallest absolute Gasteiger partial charge is 0.355 e. The van der Waals surface area contributed by atoms with Crippen molar-refractivity contribution in [2.75, 3.05) is 11.4 Å². The molecule has 1 aromatic carbocycles. The quantitative estimate of drug-likeness (QED) is 0.859. The highest BCUT2D eigenvalue weighted by Crippen LogP contribution is 2.29. The molecule has 0 aliphatic rings. The second-order valence-electron chi connectivity index (χ2n) is 4.45. The molecule has 0 radical (unpaired) electrons. The van der Waals surface area contributed by atoms with Crippen LogP contribution < -0.4 is 10.6 Å². The predicted molar refractivity (Wildman–Crippen MR) is 62.8 cm³/mol. The van der Waals surface area contributed by atoms with Gasteiger partial charge in [0, 0.05) is 12.6 Å². The fourth-order valence-corrected chi connectivity index (χ4v) is 1.72. The van der Waals surface area contributed by atoms with Gasteiger partial charge in [0.15, 0.2) is 0 Å². The van der Waals surface area contributed by atoms with Crippen molar-refractivity contribution in [1.29, 1.82) is 0 Å². The summed E-state index contributed by atoms with van der Waals surface area (Å²) in [4.78, 5) is 0.644. The standard InChI is InChI=1S/C12H15F5N2/c1-7(2)19(6-12(15,16)17)11-9(13)3-8(5-18)4-10(11)14/h3-4,7H,5-6,18H2,1-2H3. The maximum atomic E-state index is 13.8. The molecule has 108 valence electrons. The number of hydrogen-bond acceptors (Lipinski definition) is 2. The molecule has 7 heteroatoms. The van der Waals surface area contributed by atoms with E-state index in [2.05, 4.69) is 0 Å². The average Bonchev–Trinajstić information content (AvgIpc) is 2.24. The molecule has 0 spiro atoms. The summed E-state index contributed by atoms with van der Waals surface area (Å²) in [6.45, 7) is 1.36. The number of alkyl halides is 3. The van der Waals surface area contributed by atoms with Crippen LogP contribution in [0.1, 0.15) is 19.4 Å². The fourth-order valence-electron chi connectivity index (χ4n) is 1.72. The van der Waals surface area contributed by atoms with E-state index in [1.165, 1.54) is 13.8 Å². The van der Waals surface area contributed by atoms with Crippen molar-refractivity contribution in [1.82, 2.24) is 0 Å². The Kier molecular flexibility index (Phi) is 4.73. The second kappa shape index (κ2) is 5.73. The van der Waals surface area contributed by atoms with Crippen LogP contribution in [-0.4, -0.2) is 18.8 Å². The zero-order valence-corrected chi connectivity index (χ0v) is 10.6. The third-order valence-corrected chi connectivity index (χ3v) is 2.57. The summed E-state index contributed by atoms with van der Waals surface area (Å²) in [7, 11) is 0. The molecule has 0 saturated carbocycles. The van der Waals surface area contributed by atoms with Crippen molar-refractivity contribution < 1.29 is 22.0 Å². The van der Waals surface area contributed by atoms with Crippen LogP contribution in [0.3, 0.4) is 0 Å². The van der Waals surface area contributed by atoms with Crippen LogP contribution in [0.25, 0.3) is 0 Å². The maximum absolute atomic E-state index is 13.8. The zero-order valence-electron chi connectivity index (χ0n) is 10.6. The summed E-state index contributed by atoms with van der Waals surface area (Å²) in [6, 6.07) is 1.20. The van der Waals surface area contributed by atoms with Crippen LogP contribution in [0.15, 0.2) is 12.1 Å². The van der Waals surface area contributed by atoms with Crippen LogP contribution in [0.4, 0.5) is 27.6 Å². The summed E-state index contributed by atoms with van der Waals surface area (Å²) in [5.41, 5.74) is 4.76. The normalized spacial score (nSPS) is 12.1. The van der Waals surface area contributed by atoms with Gasteiger partial charge in [-0.05, 0) is 31.5 Å². The molecule has 0 unspecified atom stereocenters. The number of nitrogens with two attached hydrogens (primary N) is 1. The molecular weight excluding hydrogens is 267 g/mol. The van der Waals surface area contributed by atoms with E-state index >= 15 is 0 Å². The van der Waals surface area contributed by atoms with Gasteiger partial charge in [-0.2, -0.15) is 13.2 Å². The summed E-state index contributed by atoms with van der Waals surface area (Å²) in [5, 5.41) is 0. The van der Waals surface area contributed by atoms with Crippen molar-refractivity contribution >= 4 is 5.69 Å². The first-order valence-electron chi connectivity index (χ1n) is 5.67. The molecule has 2 nitrogen and oxygen atoms in total.